The van der Waals surface area contributed by atoms with Gasteiger partial charge in [0.1, 0.15) is 11.3 Å². The Hall–Kier alpha value is -0.970. The van der Waals surface area contributed by atoms with E-state index in [0.29, 0.717) is 0 Å². The highest BCUT2D eigenvalue weighted by molar-refractivity contribution is 7.99. The Bertz CT molecular complexity index is 546. The van der Waals surface area contributed by atoms with Crippen LogP contribution in [0.4, 0.5) is 0 Å². The first-order chi connectivity index (χ1) is 8.74. The minimum atomic E-state index is -0.175. The lowest BCUT2D eigenvalue weighted by Gasteiger charge is -2.26. The third-order valence-corrected chi connectivity index (χ3v) is 4.28. The topological polar surface area (TPSA) is 48.4 Å². The number of aryl methyl sites for hydroxylation is 1. The lowest BCUT2D eigenvalue weighted by molar-refractivity contribution is 0.0522. The number of nitrogens with two attached hydrogens (primary N) is 1. The van der Waals surface area contributed by atoms with Crippen molar-refractivity contribution in [3.63, 3.8) is 0 Å². The Balaban J connectivity index is 1.88. The lowest BCUT2D eigenvalue weighted by Crippen LogP contribution is -2.34. The molecular formula is C14H17NO2S. The van der Waals surface area contributed by atoms with E-state index < -0.39 is 0 Å². The maximum Gasteiger partial charge on any atom is 0.134 e. The van der Waals surface area contributed by atoms with E-state index in [-0.39, 0.29) is 12.1 Å². The van der Waals surface area contributed by atoms with Crippen molar-refractivity contribution in [2.24, 2.45) is 5.73 Å². The molecule has 4 heteroatoms. The van der Waals surface area contributed by atoms with Crippen molar-refractivity contribution in [1.29, 1.82) is 0 Å². The van der Waals surface area contributed by atoms with E-state index >= 15 is 0 Å². The van der Waals surface area contributed by atoms with Crippen LogP contribution in [0.15, 0.2) is 28.7 Å². The fourth-order valence-corrected chi connectivity index (χ4v) is 3.16. The van der Waals surface area contributed by atoms with Crippen LogP contribution in [-0.4, -0.2) is 24.2 Å². The molecule has 2 aromatic rings. The zero-order valence-corrected chi connectivity index (χ0v) is 11.2. The number of fused-ring (bicyclic) bond motifs is 1. The Labute approximate surface area is 111 Å². The molecule has 1 aliphatic heterocycles. The molecule has 3 nitrogen and oxygen atoms in total. The second-order valence-electron chi connectivity index (χ2n) is 4.70. The van der Waals surface area contributed by atoms with Gasteiger partial charge >= 0.3 is 0 Å². The molecule has 2 atom stereocenters. The number of ether oxygens (including phenoxy) is 1. The van der Waals surface area contributed by atoms with E-state index in [4.69, 9.17) is 14.9 Å². The summed E-state index contributed by atoms with van der Waals surface area (Å²) >= 11 is 1.89. The van der Waals surface area contributed by atoms with E-state index in [1.54, 1.807) is 0 Å². The predicted molar refractivity (Wildman–Crippen MR) is 74.9 cm³/mol. The monoisotopic (exact) mass is 263 g/mol. The van der Waals surface area contributed by atoms with Crippen molar-refractivity contribution in [2.45, 2.75) is 19.1 Å². The summed E-state index contributed by atoms with van der Waals surface area (Å²) in [4.78, 5) is 0. The van der Waals surface area contributed by atoms with Crippen LogP contribution >= 0.6 is 11.8 Å². The molecule has 0 radical (unpaired) electrons. The molecule has 0 spiro atoms. The van der Waals surface area contributed by atoms with Gasteiger partial charge in [-0.15, -0.1) is 0 Å². The maximum absolute atomic E-state index is 6.24. The summed E-state index contributed by atoms with van der Waals surface area (Å²) < 4.78 is 11.5. The summed E-state index contributed by atoms with van der Waals surface area (Å²) in [6.07, 6.45) is 0.0606. The van der Waals surface area contributed by atoms with Crippen LogP contribution in [0.2, 0.25) is 0 Å². The molecule has 0 bridgehead atoms. The maximum atomic E-state index is 6.24. The molecule has 18 heavy (non-hydrogen) atoms. The molecule has 0 aliphatic carbocycles. The first-order valence-corrected chi connectivity index (χ1v) is 7.34. The third-order valence-electron chi connectivity index (χ3n) is 3.26. The van der Waals surface area contributed by atoms with Gasteiger partial charge < -0.3 is 14.9 Å². The van der Waals surface area contributed by atoms with Gasteiger partial charge in [-0.3, -0.25) is 0 Å². The highest BCUT2D eigenvalue weighted by atomic mass is 32.2. The Morgan fingerprint density at radius 1 is 1.39 bits per heavy atom. The molecule has 1 aliphatic rings. The Kier molecular flexibility index (Phi) is 3.33. The molecule has 1 aromatic heterocycles. The molecule has 96 valence electrons. The van der Waals surface area contributed by atoms with Gasteiger partial charge in [-0.25, -0.2) is 0 Å². The Morgan fingerprint density at radius 2 is 2.28 bits per heavy atom. The van der Waals surface area contributed by atoms with Crippen LogP contribution < -0.4 is 5.73 Å². The van der Waals surface area contributed by atoms with E-state index in [1.807, 2.05) is 30.0 Å². The quantitative estimate of drug-likeness (QED) is 0.905. The first kappa shape index (κ1) is 12.1. The second kappa shape index (κ2) is 4.96. The highest BCUT2D eigenvalue weighted by Gasteiger charge is 2.25. The Morgan fingerprint density at radius 3 is 3.06 bits per heavy atom. The average molecular weight is 263 g/mol. The molecule has 1 saturated heterocycles. The molecule has 1 aromatic carbocycles. The molecular weight excluding hydrogens is 246 g/mol. The number of thioether (sulfide) groups is 1. The molecule has 0 saturated carbocycles. The van der Waals surface area contributed by atoms with Gasteiger partial charge in [0.15, 0.2) is 0 Å². The van der Waals surface area contributed by atoms with Gasteiger partial charge in [0, 0.05) is 16.9 Å². The van der Waals surface area contributed by atoms with Crippen molar-refractivity contribution in [3.8, 4) is 0 Å². The van der Waals surface area contributed by atoms with Gasteiger partial charge in [-0.05, 0) is 25.1 Å². The van der Waals surface area contributed by atoms with E-state index in [0.717, 1.165) is 34.8 Å². The standard InChI is InChI=1S/C14H17NO2S/c1-9-2-3-11-10(6-9)7-12(17-11)14(15)13-8-18-5-4-16-13/h2-3,6-7,13-14H,4-5,8,15H2,1H3. The smallest absolute Gasteiger partial charge is 0.134 e. The molecule has 1 fully saturated rings. The number of hydrogen-bond acceptors (Lipinski definition) is 4. The molecule has 2 heterocycles. The van der Waals surface area contributed by atoms with E-state index in [9.17, 15) is 0 Å². The van der Waals surface area contributed by atoms with E-state index in [2.05, 4.69) is 13.0 Å². The van der Waals surface area contributed by atoms with Crippen LogP contribution in [-0.2, 0) is 4.74 Å². The molecule has 0 amide bonds. The SMILES string of the molecule is Cc1ccc2oc(C(N)C3CSCCO3)cc2c1. The fourth-order valence-electron chi connectivity index (χ4n) is 2.24. The predicted octanol–water partition coefficient (Wildman–Crippen LogP) is 2.87. The van der Waals surface area contributed by atoms with Crippen LogP contribution in [0.3, 0.4) is 0 Å². The van der Waals surface area contributed by atoms with Crippen LogP contribution in [0.25, 0.3) is 11.0 Å². The summed E-state index contributed by atoms with van der Waals surface area (Å²) in [5.74, 6) is 2.82. The molecule has 2 unspecified atom stereocenters. The fraction of sp³-hybridized carbons (Fsp3) is 0.429. The highest BCUT2D eigenvalue weighted by Crippen LogP contribution is 2.28. The second-order valence-corrected chi connectivity index (χ2v) is 5.85. The van der Waals surface area contributed by atoms with Gasteiger partial charge in [-0.1, -0.05) is 11.6 Å². The van der Waals surface area contributed by atoms with Gasteiger partial charge in [0.25, 0.3) is 0 Å². The zero-order chi connectivity index (χ0) is 12.5. The van der Waals surface area contributed by atoms with Crippen molar-refractivity contribution in [1.82, 2.24) is 0 Å². The number of benzene rings is 1. The van der Waals surface area contributed by atoms with Crippen molar-refractivity contribution < 1.29 is 9.15 Å². The molecule has 3 rings (SSSR count). The largest absolute Gasteiger partial charge is 0.459 e. The van der Waals surface area contributed by atoms with Crippen molar-refractivity contribution in [3.05, 3.63) is 35.6 Å². The number of furan rings is 1. The summed E-state index contributed by atoms with van der Waals surface area (Å²) in [6.45, 7) is 2.86. The van der Waals surface area contributed by atoms with Gasteiger partial charge in [0.2, 0.25) is 0 Å². The van der Waals surface area contributed by atoms with Gasteiger partial charge in [-0.2, -0.15) is 11.8 Å². The van der Waals surface area contributed by atoms with Gasteiger partial charge in [0.05, 0.1) is 18.8 Å². The summed E-state index contributed by atoms with van der Waals surface area (Å²) in [7, 11) is 0. The minimum absolute atomic E-state index is 0.0606. The summed E-state index contributed by atoms with van der Waals surface area (Å²) in [5, 5.41) is 1.11. The van der Waals surface area contributed by atoms with Crippen LogP contribution in [0.1, 0.15) is 17.4 Å². The van der Waals surface area contributed by atoms with Crippen LogP contribution in [0, 0.1) is 6.92 Å². The number of hydrogen-bond donors (Lipinski definition) is 1. The average Bonchev–Trinajstić information content (AvgIpc) is 2.81. The lowest BCUT2D eigenvalue weighted by atomic mass is 10.1. The normalized spacial score (nSPS) is 22.2. The molecule has 2 N–H and O–H groups in total. The van der Waals surface area contributed by atoms with Crippen molar-refractivity contribution >= 4 is 22.7 Å². The number of rotatable bonds is 2. The minimum Gasteiger partial charge on any atom is -0.459 e. The third kappa shape index (κ3) is 2.28. The van der Waals surface area contributed by atoms with Crippen molar-refractivity contribution in [2.75, 3.05) is 18.1 Å². The first-order valence-electron chi connectivity index (χ1n) is 6.19. The van der Waals surface area contributed by atoms with E-state index in [1.165, 1.54) is 5.56 Å². The summed E-state index contributed by atoms with van der Waals surface area (Å²) in [5.41, 5.74) is 8.37. The summed E-state index contributed by atoms with van der Waals surface area (Å²) in [6, 6.07) is 8.03. The van der Waals surface area contributed by atoms with Crippen LogP contribution in [0.5, 0.6) is 0 Å². The zero-order valence-electron chi connectivity index (χ0n) is 10.4.